The summed E-state index contributed by atoms with van der Waals surface area (Å²) in [5, 5.41) is 1.15. The van der Waals surface area contributed by atoms with E-state index in [-0.39, 0.29) is 5.78 Å². The molecule has 16 heavy (non-hydrogen) atoms. The number of fused-ring (bicyclic) bond motifs is 1. The van der Waals surface area contributed by atoms with Gasteiger partial charge in [0.05, 0.1) is 0 Å². The van der Waals surface area contributed by atoms with Gasteiger partial charge in [-0.05, 0) is 37.1 Å². The number of carbonyl (C=O) groups excluding carboxylic acids is 1. The van der Waals surface area contributed by atoms with Gasteiger partial charge in [-0.3, -0.25) is 4.79 Å². The van der Waals surface area contributed by atoms with Gasteiger partial charge in [0.15, 0.2) is 5.78 Å². The molecular formula is C14H17NO. The molecule has 0 atom stereocenters. The van der Waals surface area contributed by atoms with E-state index in [1.807, 2.05) is 18.2 Å². The van der Waals surface area contributed by atoms with E-state index in [4.69, 9.17) is 0 Å². The molecule has 1 heterocycles. The zero-order valence-electron chi connectivity index (χ0n) is 10.2. The highest BCUT2D eigenvalue weighted by molar-refractivity contribution is 5.98. The largest absolute Gasteiger partial charge is 0.347 e. The first-order valence-electron chi connectivity index (χ1n) is 5.61. The second kappa shape index (κ2) is 3.78. The highest BCUT2D eigenvalue weighted by Crippen LogP contribution is 2.25. The molecular weight excluding hydrogens is 198 g/mol. The molecule has 2 nitrogen and oxygen atoms in total. The van der Waals surface area contributed by atoms with E-state index in [0.717, 1.165) is 10.9 Å². The van der Waals surface area contributed by atoms with Gasteiger partial charge in [-0.15, -0.1) is 0 Å². The molecule has 0 fully saturated rings. The smallest absolute Gasteiger partial charge is 0.159 e. The molecule has 2 heteroatoms. The Hall–Kier alpha value is -1.57. The van der Waals surface area contributed by atoms with E-state index < -0.39 is 0 Å². The molecule has 0 bridgehead atoms. The van der Waals surface area contributed by atoms with Crippen molar-refractivity contribution in [3.8, 4) is 0 Å². The van der Waals surface area contributed by atoms with Gasteiger partial charge in [-0.2, -0.15) is 0 Å². The molecule has 2 aromatic rings. The predicted octanol–water partition coefficient (Wildman–Crippen LogP) is 3.50. The molecule has 0 radical (unpaired) electrons. The van der Waals surface area contributed by atoms with Crippen molar-refractivity contribution in [1.29, 1.82) is 0 Å². The fourth-order valence-electron chi connectivity index (χ4n) is 2.14. The average molecular weight is 215 g/mol. The van der Waals surface area contributed by atoms with Gasteiger partial charge < -0.3 is 4.57 Å². The lowest BCUT2D eigenvalue weighted by Crippen LogP contribution is -1.97. The average Bonchev–Trinajstić information content (AvgIpc) is 2.55. The van der Waals surface area contributed by atoms with Gasteiger partial charge in [-0.1, -0.05) is 13.8 Å². The number of Topliss-reactive ketones (excluding diaryl/α,β-unsaturated/α-hetero) is 1. The van der Waals surface area contributed by atoms with Crippen molar-refractivity contribution >= 4 is 16.7 Å². The molecule has 84 valence electrons. The lowest BCUT2D eigenvalue weighted by atomic mass is 10.1. The van der Waals surface area contributed by atoms with Gasteiger partial charge in [-0.25, -0.2) is 0 Å². The van der Waals surface area contributed by atoms with Gasteiger partial charge in [0.2, 0.25) is 0 Å². The van der Waals surface area contributed by atoms with Crippen LogP contribution in [0, 0.1) is 0 Å². The van der Waals surface area contributed by atoms with Crippen LogP contribution in [0.3, 0.4) is 0 Å². The van der Waals surface area contributed by atoms with Crippen molar-refractivity contribution < 1.29 is 4.79 Å². The highest BCUT2D eigenvalue weighted by Gasteiger charge is 2.10. The monoisotopic (exact) mass is 215 g/mol. The first-order chi connectivity index (χ1) is 7.50. The van der Waals surface area contributed by atoms with Crippen LogP contribution in [0.25, 0.3) is 10.9 Å². The summed E-state index contributed by atoms with van der Waals surface area (Å²) in [4.78, 5) is 11.3. The number of ketones is 1. The number of rotatable bonds is 2. The second-order valence-electron chi connectivity index (χ2n) is 4.61. The lowest BCUT2D eigenvalue weighted by molar-refractivity contribution is 0.101. The van der Waals surface area contributed by atoms with E-state index in [0.29, 0.717) is 5.92 Å². The Balaban J connectivity index is 2.67. The van der Waals surface area contributed by atoms with E-state index in [1.165, 1.54) is 11.2 Å². The van der Waals surface area contributed by atoms with Crippen LogP contribution in [0.1, 0.15) is 42.7 Å². The van der Waals surface area contributed by atoms with Crippen molar-refractivity contribution in [3.05, 3.63) is 35.5 Å². The number of carbonyl (C=O) groups is 1. The Labute approximate surface area is 95.9 Å². The van der Waals surface area contributed by atoms with Crippen LogP contribution in [-0.2, 0) is 7.05 Å². The zero-order valence-corrected chi connectivity index (χ0v) is 10.2. The van der Waals surface area contributed by atoms with Gasteiger partial charge in [0.25, 0.3) is 0 Å². The molecule has 1 aromatic heterocycles. The van der Waals surface area contributed by atoms with Gasteiger partial charge >= 0.3 is 0 Å². The van der Waals surface area contributed by atoms with Crippen molar-refractivity contribution in [1.82, 2.24) is 4.57 Å². The number of hydrogen-bond acceptors (Lipinski definition) is 1. The third kappa shape index (κ3) is 1.64. The summed E-state index contributed by atoms with van der Waals surface area (Å²) < 4.78 is 2.20. The summed E-state index contributed by atoms with van der Waals surface area (Å²) in [6.45, 7) is 5.97. The summed E-state index contributed by atoms with van der Waals surface area (Å²) in [5.74, 6) is 0.620. The third-order valence-corrected chi connectivity index (χ3v) is 3.08. The summed E-state index contributed by atoms with van der Waals surface area (Å²) in [7, 11) is 2.07. The maximum absolute atomic E-state index is 11.3. The van der Waals surface area contributed by atoms with Crippen LogP contribution in [-0.4, -0.2) is 10.4 Å². The standard InChI is InChI=1S/C14H17NO/c1-9(2)14-8-12-7-11(10(3)16)5-6-13(12)15(14)4/h5-9H,1-4H3. The Morgan fingerprint density at radius 3 is 2.50 bits per heavy atom. The molecule has 2 rings (SSSR count). The molecule has 0 saturated heterocycles. The molecule has 1 aromatic carbocycles. The van der Waals surface area contributed by atoms with Crippen molar-refractivity contribution in [2.24, 2.45) is 7.05 Å². The van der Waals surface area contributed by atoms with E-state index in [9.17, 15) is 4.79 Å². The third-order valence-electron chi connectivity index (χ3n) is 3.08. The van der Waals surface area contributed by atoms with Crippen LogP contribution >= 0.6 is 0 Å². The zero-order chi connectivity index (χ0) is 11.9. The number of aromatic nitrogens is 1. The molecule has 0 N–H and O–H groups in total. The molecule has 0 aliphatic carbocycles. The van der Waals surface area contributed by atoms with Crippen LogP contribution < -0.4 is 0 Å². The molecule has 0 aliphatic rings. The van der Waals surface area contributed by atoms with Crippen molar-refractivity contribution in [2.75, 3.05) is 0 Å². The number of hydrogen-bond donors (Lipinski definition) is 0. The maximum atomic E-state index is 11.3. The quantitative estimate of drug-likeness (QED) is 0.703. The first-order valence-corrected chi connectivity index (χ1v) is 5.61. The SMILES string of the molecule is CC(=O)c1ccc2c(c1)cc(C(C)C)n2C. The maximum Gasteiger partial charge on any atom is 0.159 e. The molecule has 0 amide bonds. The van der Waals surface area contributed by atoms with Crippen molar-refractivity contribution in [2.45, 2.75) is 26.7 Å². The summed E-state index contributed by atoms with van der Waals surface area (Å²) >= 11 is 0. The Morgan fingerprint density at radius 2 is 1.94 bits per heavy atom. The minimum Gasteiger partial charge on any atom is -0.347 e. The van der Waals surface area contributed by atoms with Crippen LogP contribution in [0.15, 0.2) is 24.3 Å². The normalized spacial score (nSPS) is 11.3. The topological polar surface area (TPSA) is 22.0 Å². The van der Waals surface area contributed by atoms with Gasteiger partial charge in [0, 0.05) is 29.2 Å². The van der Waals surface area contributed by atoms with Crippen LogP contribution in [0.2, 0.25) is 0 Å². The Morgan fingerprint density at radius 1 is 1.25 bits per heavy atom. The highest BCUT2D eigenvalue weighted by atomic mass is 16.1. The van der Waals surface area contributed by atoms with Crippen LogP contribution in [0.5, 0.6) is 0 Å². The molecule has 0 aliphatic heterocycles. The Kier molecular flexibility index (Phi) is 2.58. The second-order valence-corrected chi connectivity index (χ2v) is 4.61. The molecule has 0 spiro atoms. The lowest BCUT2D eigenvalue weighted by Gasteiger charge is -2.06. The van der Waals surface area contributed by atoms with Crippen molar-refractivity contribution in [3.63, 3.8) is 0 Å². The minimum absolute atomic E-state index is 0.122. The van der Waals surface area contributed by atoms with Crippen LogP contribution in [0.4, 0.5) is 0 Å². The first kappa shape index (κ1) is 10.9. The van der Waals surface area contributed by atoms with E-state index >= 15 is 0 Å². The summed E-state index contributed by atoms with van der Waals surface area (Å²) in [5.41, 5.74) is 3.28. The van der Waals surface area contributed by atoms with E-state index in [1.54, 1.807) is 6.92 Å². The molecule has 0 unspecified atom stereocenters. The Bertz CT molecular complexity index is 549. The molecule has 0 saturated carbocycles. The number of aryl methyl sites for hydroxylation is 1. The minimum atomic E-state index is 0.122. The van der Waals surface area contributed by atoms with E-state index in [2.05, 4.69) is 31.5 Å². The summed E-state index contributed by atoms with van der Waals surface area (Å²) in [6.07, 6.45) is 0. The van der Waals surface area contributed by atoms with Gasteiger partial charge in [0.1, 0.15) is 0 Å². The predicted molar refractivity (Wildman–Crippen MR) is 67.0 cm³/mol. The fourth-order valence-corrected chi connectivity index (χ4v) is 2.14. The fraction of sp³-hybridized carbons (Fsp3) is 0.357. The number of benzene rings is 1. The summed E-state index contributed by atoms with van der Waals surface area (Å²) in [6, 6.07) is 8.07. The number of nitrogens with zero attached hydrogens (tertiary/aromatic N) is 1.